The van der Waals surface area contributed by atoms with Gasteiger partial charge in [-0.3, -0.25) is 16.8 Å². The fourth-order valence-corrected chi connectivity index (χ4v) is 0. The molecule has 12 heteroatoms. The van der Waals surface area contributed by atoms with Crippen molar-refractivity contribution in [3.05, 3.63) is 0 Å². The van der Waals surface area contributed by atoms with Gasteiger partial charge in [-0.25, -0.2) is 0 Å². The first-order valence-corrected chi connectivity index (χ1v) is 4.00. The van der Waals surface area contributed by atoms with Gasteiger partial charge in [-0.1, -0.05) is 0 Å². The number of hydrogen-bond donors (Lipinski definition) is 0. The SMILES string of the molecule is O=S(=O)([O-])[O-].O=S(=O)([O-])[O-].[Al].[Cs+]. The molecule has 67 valence electrons. The maximum atomic E-state index is 8.52. The molecule has 0 saturated carbocycles. The van der Waals surface area contributed by atoms with Crippen molar-refractivity contribution in [1.82, 2.24) is 0 Å². The molecular formula is AlCsO8S2-3. The third kappa shape index (κ3) is 293. The molecule has 0 bridgehead atoms. The van der Waals surface area contributed by atoms with Gasteiger partial charge in [0.2, 0.25) is 0 Å². The van der Waals surface area contributed by atoms with Gasteiger partial charge >= 0.3 is 68.9 Å². The maximum absolute atomic E-state index is 8.52. The minimum atomic E-state index is -5.17. The second-order valence-corrected chi connectivity index (χ2v) is 2.45. The van der Waals surface area contributed by atoms with E-state index in [1.54, 1.807) is 0 Å². The van der Waals surface area contributed by atoms with Crippen molar-refractivity contribution < 1.29 is 104 Å². The Balaban J connectivity index is -0.0000000457. The smallest absolute Gasteiger partial charge is 0.759 e. The Bertz CT molecular complexity index is 213. The molecule has 0 aliphatic rings. The van der Waals surface area contributed by atoms with Crippen molar-refractivity contribution in [2.75, 3.05) is 0 Å². The molecule has 0 heterocycles. The van der Waals surface area contributed by atoms with E-state index in [4.69, 9.17) is 35.0 Å². The maximum Gasteiger partial charge on any atom is 1.00 e. The molecule has 0 N–H and O–H groups in total. The van der Waals surface area contributed by atoms with Crippen LogP contribution in [-0.4, -0.2) is 52.4 Å². The van der Waals surface area contributed by atoms with Crippen LogP contribution >= 0.6 is 0 Å². The van der Waals surface area contributed by atoms with Crippen LogP contribution in [0.5, 0.6) is 0 Å². The molecule has 0 aliphatic carbocycles. The molecule has 12 heavy (non-hydrogen) atoms. The first kappa shape index (κ1) is 23.9. The topological polar surface area (TPSA) is 161 Å². The average Bonchev–Trinajstić information content (AvgIpc) is 1.12. The monoisotopic (exact) mass is 352 g/mol. The Kier molecular flexibility index (Phi) is 19.6. The fraction of sp³-hybridized carbons (Fsp3) is 0. The van der Waals surface area contributed by atoms with E-state index >= 15 is 0 Å². The van der Waals surface area contributed by atoms with Crippen LogP contribution in [0.3, 0.4) is 0 Å². The van der Waals surface area contributed by atoms with Crippen LogP contribution in [0.15, 0.2) is 0 Å². The van der Waals surface area contributed by atoms with Crippen molar-refractivity contribution >= 4 is 38.2 Å². The zero-order valence-electron chi connectivity index (χ0n) is 5.66. The Morgan fingerprint density at radius 1 is 0.667 bits per heavy atom. The summed E-state index contributed by atoms with van der Waals surface area (Å²) >= 11 is 0. The summed E-state index contributed by atoms with van der Waals surface area (Å²) in [5.74, 6) is 0. The number of rotatable bonds is 0. The van der Waals surface area contributed by atoms with E-state index < -0.39 is 20.8 Å². The summed E-state index contributed by atoms with van der Waals surface area (Å²) in [5, 5.41) is 0. The minimum Gasteiger partial charge on any atom is -0.759 e. The van der Waals surface area contributed by atoms with Crippen LogP contribution in [0.4, 0.5) is 0 Å². The Hall–Kier alpha value is 2.32. The van der Waals surface area contributed by atoms with E-state index in [0.717, 1.165) is 0 Å². The molecule has 0 aromatic carbocycles. The normalized spacial score (nSPS) is 9.67. The van der Waals surface area contributed by atoms with E-state index in [9.17, 15) is 0 Å². The summed E-state index contributed by atoms with van der Waals surface area (Å²) in [5.41, 5.74) is 0. The average molecular weight is 352 g/mol. The van der Waals surface area contributed by atoms with Crippen LogP contribution in [0, 0.1) is 0 Å². The molecule has 0 rings (SSSR count). The molecule has 0 spiro atoms. The first-order valence-electron chi connectivity index (χ1n) is 1.33. The fourth-order valence-electron chi connectivity index (χ4n) is 0. The molecule has 0 unspecified atom stereocenters. The van der Waals surface area contributed by atoms with Gasteiger partial charge in [0.15, 0.2) is 0 Å². The van der Waals surface area contributed by atoms with Gasteiger partial charge in [-0.05, 0) is 0 Å². The van der Waals surface area contributed by atoms with Crippen LogP contribution < -0.4 is 68.9 Å². The van der Waals surface area contributed by atoms with Crippen molar-refractivity contribution in [2.45, 2.75) is 0 Å². The van der Waals surface area contributed by atoms with Crippen molar-refractivity contribution in [3.8, 4) is 0 Å². The van der Waals surface area contributed by atoms with Crippen LogP contribution in [0.1, 0.15) is 0 Å². The molecule has 3 radical (unpaired) electrons. The van der Waals surface area contributed by atoms with Gasteiger partial charge in [0.25, 0.3) is 0 Å². The van der Waals surface area contributed by atoms with Crippen LogP contribution in [-0.2, 0) is 20.8 Å². The number of hydrogen-bond acceptors (Lipinski definition) is 8. The van der Waals surface area contributed by atoms with E-state index in [1.807, 2.05) is 0 Å². The summed E-state index contributed by atoms with van der Waals surface area (Å²) in [4.78, 5) is 0. The Morgan fingerprint density at radius 3 is 0.667 bits per heavy atom. The Morgan fingerprint density at radius 2 is 0.667 bits per heavy atom. The predicted octanol–water partition coefficient (Wildman–Crippen LogP) is -6.05. The zero-order valence-corrected chi connectivity index (χ0v) is 14.7. The first-order chi connectivity index (χ1) is 4.00. The summed E-state index contributed by atoms with van der Waals surface area (Å²) in [6.45, 7) is 0. The van der Waals surface area contributed by atoms with Crippen LogP contribution in [0.25, 0.3) is 0 Å². The van der Waals surface area contributed by atoms with Crippen molar-refractivity contribution in [3.63, 3.8) is 0 Å². The standard InChI is InChI=1S/Al.Cs.2H2O4S/c;;2*1-5(2,3)4/h;;2*(H2,1,2,3,4)/q;+1;;/p-4. The molecule has 0 saturated heterocycles. The van der Waals surface area contributed by atoms with E-state index in [-0.39, 0.29) is 86.3 Å². The Labute approximate surface area is 139 Å². The summed E-state index contributed by atoms with van der Waals surface area (Å²) in [6, 6.07) is 0. The molecule has 0 amide bonds. The van der Waals surface area contributed by atoms with Gasteiger partial charge in [0.05, 0.1) is 0 Å². The predicted molar refractivity (Wildman–Crippen MR) is 26.7 cm³/mol. The molecule has 0 fully saturated rings. The zero-order chi connectivity index (χ0) is 9.00. The molecule has 0 aromatic heterocycles. The largest absolute Gasteiger partial charge is 1.00 e. The van der Waals surface area contributed by atoms with Gasteiger partial charge < -0.3 is 18.2 Å². The van der Waals surface area contributed by atoms with Crippen molar-refractivity contribution in [2.24, 2.45) is 0 Å². The van der Waals surface area contributed by atoms with E-state index in [1.165, 1.54) is 0 Å². The van der Waals surface area contributed by atoms with Gasteiger partial charge in [-0.15, -0.1) is 0 Å². The summed E-state index contributed by atoms with van der Waals surface area (Å²) in [7, 11) is -10.3. The quantitative estimate of drug-likeness (QED) is 0.236. The van der Waals surface area contributed by atoms with E-state index in [0.29, 0.717) is 0 Å². The molecule has 8 nitrogen and oxygen atoms in total. The second kappa shape index (κ2) is 9.86. The minimum absolute atomic E-state index is 0. The molecule has 0 atom stereocenters. The van der Waals surface area contributed by atoms with Gasteiger partial charge in [0.1, 0.15) is 0 Å². The van der Waals surface area contributed by atoms with E-state index in [2.05, 4.69) is 0 Å². The third-order valence-electron chi connectivity index (χ3n) is 0. The summed E-state index contributed by atoms with van der Waals surface area (Å²) in [6.07, 6.45) is 0. The third-order valence-corrected chi connectivity index (χ3v) is 0. The van der Waals surface area contributed by atoms with Crippen LogP contribution in [0.2, 0.25) is 0 Å². The molecule has 0 aromatic rings. The molecular weight excluding hydrogens is 352 g/mol. The summed E-state index contributed by atoms with van der Waals surface area (Å²) < 4.78 is 68.2. The van der Waals surface area contributed by atoms with Crippen molar-refractivity contribution in [1.29, 1.82) is 0 Å². The molecule has 0 aliphatic heterocycles. The second-order valence-electron chi connectivity index (χ2n) is 0.816. The van der Waals surface area contributed by atoms with Gasteiger partial charge in [0, 0.05) is 38.2 Å². The van der Waals surface area contributed by atoms with Gasteiger partial charge in [-0.2, -0.15) is 0 Å².